The monoisotopic (exact) mass is 320 g/mol. The summed E-state index contributed by atoms with van der Waals surface area (Å²) in [6.07, 6.45) is 1.18. The third-order valence-corrected chi connectivity index (χ3v) is 4.54. The van der Waals surface area contributed by atoms with Gasteiger partial charge in [-0.1, -0.05) is 17.7 Å². The van der Waals surface area contributed by atoms with E-state index in [0.29, 0.717) is 21.9 Å². The number of nitrogens with one attached hydrogen (secondary N) is 1. The average molecular weight is 321 g/mol. The topological polar surface area (TPSA) is 62.8 Å². The fraction of sp³-hybridized carbons (Fsp3) is 0.133. The van der Waals surface area contributed by atoms with E-state index in [9.17, 15) is 8.42 Å². The number of fused-ring (bicyclic) bond motifs is 1. The molecule has 0 spiro atoms. The van der Waals surface area contributed by atoms with Crippen LogP contribution in [0.4, 0.5) is 0 Å². The van der Waals surface area contributed by atoms with E-state index in [1.165, 1.54) is 6.26 Å². The zero-order valence-corrected chi connectivity index (χ0v) is 13.1. The van der Waals surface area contributed by atoms with Gasteiger partial charge in [0.15, 0.2) is 9.84 Å². The first-order valence-electron chi connectivity index (χ1n) is 6.31. The highest BCUT2D eigenvalue weighted by atomic mass is 35.5. The van der Waals surface area contributed by atoms with Crippen LogP contribution in [0.25, 0.3) is 22.4 Å². The smallest absolute Gasteiger partial charge is 0.177 e. The maximum atomic E-state index is 11.8. The van der Waals surface area contributed by atoms with Gasteiger partial charge in [0.1, 0.15) is 11.3 Å². The lowest BCUT2D eigenvalue weighted by molar-refractivity contribution is 0.602. The number of aromatic nitrogens is 2. The number of hydrogen-bond donors (Lipinski definition) is 1. The quantitative estimate of drug-likeness (QED) is 0.784. The molecule has 21 heavy (non-hydrogen) atoms. The van der Waals surface area contributed by atoms with Crippen molar-refractivity contribution in [2.45, 2.75) is 11.8 Å². The fourth-order valence-electron chi connectivity index (χ4n) is 2.31. The molecule has 0 saturated carbocycles. The van der Waals surface area contributed by atoms with E-state index in [0.717, 1.165) is 11.1 Å². The summed E-state index contributed by atoms with van der Waals surface area (Å²) >= 11 is 6.07. The molecule has 1 aromatic heterocycles. The SMILES string of the molecule is Cc1cc(Cl)cc(-c2nc3c(S(C)(=O)=O)cccc3[nH]2)c1. The summed E-state index contributed by atoms with van der Waals surface area (Å²) in [4.78, 5) is 7.81. The predicted molar refractivity (Wildman–Crippen MR) is 84.4 cm³/mol. The first kappa shape index (κ1) is 14.1. The number of nitrogens with zero attached hydrogens (tertiary/aromatic N) is 1. The van der Waals surface area contributed by atoms with Crippen LogP contribution in [-0.2, 0) is 9.84 Å². The molecule has 3 rings (SSSR count). The van der Waals surface area contributed by atoms with E-state index in [1.54, 1.807) is 24.3 Å². The highest BCUT2D eigenvalue weighted by Crippen LogP contribution is 2.27. The van der Waals surface area contributed by atoms with Crippen LogP contribution < -0.4 is 0 Å². The van der Waals surface area contributed by atoms with E-state index >= 15 is 0 Å². The first-order chi connectivity index (χ1) is 9.84. The van der Waals surface area contributed by atoms with E-state index in [4.69, 9.17) is 11.6 Å². The van der Waals surface area contributed by atoms with Gasteiger partial charge in [-0.3, -0.25) is 0 Å². The molecule has 4 nitrogen and oxygen atoms in total. The Hall–Kier alpha value is -1.85. The Balaban J connectivity index is 2.27. The molecule has 0 amide bonds. The Bertz CT molecular complexity index is 925. The van der Waals surface area contributed by atoms with Gasteiger partial charge in [0.2, 0.25) is 0 Å². The molecule has 0 saturated heterocycles. The molecule has 0 atom stereocenters. The number of para-hydroxylation sites is 1. The molecular formula is C15H13ClN2O2S. The van der Waals surface area contributed by atoms with Gasteiger partial charge in [-0.05, 0) is 42.8 Å². The van der Waals surface area contributed by atoms with Crippen LogP contribution in [-0.4, -0.2) is 24.6 Å². The second kappa shape index (κ2) is 4.86. The van der Waals surface area contributed by atoms with E-state index < -0.39 is 9.84 Å². The standard InChI is InChI=1S/C15H13ClN2O2S/c1-9-6-10(8-11(16)7-9)15-17-12-4-3-5-13(14(12)18-15)21(2,19)20/h3-8H,1-2H3,(H,17,18). The first-order valence-corrected chi connectivity index (χ1v) is 8.58. The van der Waals surface area contributed by atoms with Gasteiger partial charge in [0.05, 0.1) is 10.4 Å². The number of hydrogen-bond acceptors (Lipinski definition) is 3. The second-order valence-electron chi connectivity index (χ2n) is 5.03. The highest BCUT2D eigenvalue weighted by Gasteiger charge is 2.15. The molecule has 0 aliphatic carbocycles. The number of benzene rings is 2. The molecular weight excluding hydrogens is 308 g/mol. The summed E-state index contributed by atoms with van der Waals surface area (Å²) in [6.45, 7) is 1.94. The van der Waals surface area contributed by atoms with Crippen LogP contribution in [0, 0.1) is 6.92 Å². The molecule has 108 valence electrons. The summed E-state index contributed by atoms with van der Waals surface area (Å²) in [7, 11) is -3.32. The lowest BCUT2D eigenvalue weighted by atomic mass is 10.1. The summed E-state index contributed by atoms with van der Waals surface area (Å²) in [5, 5.41) is 0.619. The number of imidazole rings is 1. The predicted octanol–water partition coefficient (Wildman–Crippen LogP) is 3.60. The third kappa shape index (κ3) is 2.66. The third-order valence-electron chi connectivity index (χ3n) is 3.19. The Kier molecular flexibility index (Phi) is 3.26. The molecule has 3 aromatic rings. The number of H-pyrrole nitrogens is 1. The van der Waals surface area contributed by atoms with Gasteiger partial charge in [-0.2, -0.15) is 0 Å². The van der Waals surface area contributed by atoms with Gasteiger partial charge in [0.25, 0.3) is 0 Å². The van der Waals surface area contributed by atoms with Crippen molar-refractivity contribution in [3.63, 3.8) is 0 Å². The van der Waals surface area contributed by atoms with Crippen LogP contribution >= 0.6 is 11.6 Å². The molecule has 0 unspecified atom stereocenters. The van der Waals surface area contributed by atoms with E-state index in [1.807, 2.05) is 19.1 Å². The van der Waals surface area contributed by atoms with Gasteiger partial charge < -0.3 is 4.98 Å². The zero-order chi connectivity index (χ0) is 15.2. The minimum atomic E-state index is -3.32. The van der Waals surface area contributed by atoms with Crippen molar-refractivity contribution in [3.05, 3.63) is 47.0 Å². The minimum absolute atomic E-state index is 0.223. The van der Waals surface area contributed by atoms with E-state index in [2.05, 4.69) is 9.97 Å². The van der Waals surface area contributed by atoms with Crippen molar-refractivity contribution >= 4 is 32.5 Å². The number of aromatic amines is 1. The van der Waals surface area contributed by atoms with Gasteiger partial charge in [-0.15, -0.1) is 0 Å². The molecule has 0 aliphatic heterocycles. The van der Waals surface area contributed by atoms with Crippen molar-refractivity contribution in [1.82, 2.24) is 9.97 Å². The molecule has 0 radical (unpaired) electrons. The Labute approximate surface area is 127 Å². The normalized spacial score (nSPS) is 12.0. The number of aryl methyl sites for hydroxylation is 1. The summed E-state index contributed by atoms with van der Waals surface area (Å²) in [5.41, 5.74) is 2.98. The van der Waals surface area contributed by atoms with Crippen LogP contribution in [0.1, 0.15) is 5.56 Å². The Morgan fingerprint density at radius 2 is 1.95 bits per heavy atom. The van der Waals surface area contributed by atoms with Crippen molar-refractivity contribution in [3.8, 4) is 11.4 Å². The molecule has 6 heteroatoms. The number of rotatable bonds is 2. The average Bonchev–Trinajstić information content (AvgIpc) is 2.79. The van der Waals surface area contributed by atoms with Crippen LogP contribution in [0.2, 0.25) is 5.02 Å². The van der Waals surface area contributed by atoms with Crippen molar-refractivity contribution in [2.75, 3.05) is 6.26 Å². The summed E-state index contributed by atoms with van der Waals surface area (Å²) in [6, 6.07) is 10.7. The zero-order valence-electron chi connectivity index (χ0n) is 11.5. The molecule has 0 bridgehead atoms. The Morgan fingerprint density at radius 1 is 1.19 bits per heavy atom. The maximum Gasteiger partial charge on any atom is 0.177 e. The summed E-state index contributed by atoms with van der Waals surface area (Å²) < 4.78 is 23.7. The maximum absolute atomic E-state index is 11.8. The summed E-state index contributed by atoms with van der Waals surface area (Å²) in [5.74, 6) is 0.603. The molecule has 0 aliphatic rings. The van der Waals surface area contributed by atoms with E-state index in [-0.39, 0.29) is 4.90 Å². The highest BCUT2D eigenvalue weighted by molar-refractivity contribution is 7.91. The van der Waals surface area contributed by atoms with Crippen LogP contribution in [0.3, 0.4) is 0 Å². The fourth-order valence-corrected chi connectivity index (χ4v) is 3.44. The molecule has 0 fully saturated rings. The van der Waals surface area contributed by atoms with Crippen molar-refractivity contribution in [2.24, 2.45) is 0 Å². The largest absolute Gasteiger partial charge is 0.338 e. The second-order valence-corrected chi connectivity index (χ2v) is 7.45. The number of halogens is 1. The van der Waals surface area contributed by atoms with Crippen LogP contribution in [0.5, 0.6) is 0 Å². The lowest BCUT2D eigenvalue weighted by Gasteiger charge is -2.00. The molecule has 1 N–H and O–H groups in total. The van der Waals surface area contributed by atoms with Crippen molar-refractivity contribution < 1.29 is 8.42 Å². The minimum Gasteiger partial charge on any atom is -0.338 e. The molecule has 1 heterocycles. The number of sulfone groups is 1. The lowest BCUT2D eigenvalue weighted by Crippen LogP contribution is -1.97. The van der Waals surface area contributed by atoms with Crippen LogP contribution in [0.15, 0.2) is 41.3 Å². The van der Waals surface area contributed by atoms with Crippen molar-refractivity contribution in [1.29, 1.82) is 0 Å². The van der Waals surface area contributed by atoms with Gasteiger partial charge >= 0.3 is 0 Å². The van der Waals surface area contributed by atoms with Gasteiger partial charge in [-0.25, -0.2) is 13.4 Å². The molecule has 2 aromatic carbocycles. The van der Waals surface area contributed by atoms with Gasteiger partial charge in [0, 0.05) is 16.8 Å². The Morgan fingerprint density at radius 3 is 2.62 bits per heavy atom.